The van der Waals surface area contributed by atoms with Crippen LogP contribution in [0, 0.1) is 0 Å². The highest BCUT2D eigenvalue weighted by molar-refractivity contribution is 5.28. The maximum atomic E-state index is 5.15. The summed E-state index contributed by atoms with van der Waals surface area (Å²) in [4.78, 5) is 0. The highest BCUT2D eigenvalue weighted by Crippen LogP contribution is 2.15. The van der Waals surface area contributed by atoms with Crippen LogP contribution in [0.2, 0.25) is 0 Å². The van der Waals surface area contributed by atoms with Crippen LogP contribution in [0.25, 0.3) is 0 Å². The van der Waals surface area contributed by atoms with E-state index in [0.717, 1.165) is 12.3 Å². The molecule has 0 radical (unpaired) electrons. The zero-order chi connectivity index (χ0) is 13.5. The van der Waals surface area contributed by atoms with Gasteiger partial charge in [-0.3, -0.25) is 0 Å². The van der Waals surface area contributed by atoms with Gasteiger partial charge < -0.3 is 10.1 Å². The Labute approximate surface area is 114 Å². The minimum atomic E-state index is 0.170. The molecule has 2 nitrogen and oxygen atoms in total. The fourth-order valence-corrected chi connectivity index (χ4v) is 1.97. The monoisotopic (exact) mass is 253 g/mol. The van der Waals surface area contributed by atoms with Gasteiger partial charge >= 0.3 is 0 Å². The van der Waals surface area contributed by atoms with Crippen LogP contribution in [0.1, 0.15) is 17.2 Å². The Bertz CT molecular complexity index is 505. The smallest absolute Gasteiger partial charge is 0.118 e. The van der Waals surface area contributed by atoms with Crippen LogP contribution in [0.5, 0.6) is 5.75 Å². The van der Waals surface area contributed by atoms with Gasteiger partial charge in [0.25, 0.3) is 0 Å². The van der Waals surface area contributed by atoms with E-state index in [1.54, 1.807) is 7.11 Å². The summed E-state index contributed by atoms with van der Waals surface area (Å²) >= 11 is 0. The van der Waals surface area contributed by atoms with Crippen LogP contribution in [0.4, 0.5) is 0 Å². The van der Waals surface area contributed by atoms with Crippen molar-refractivity contribution in [1.82, 2.24) is 5.32 Å². The summed E-state index contributed by atoms with van der Waals surface area (Å²) in [6.07, 6.45) is 1.93. The maximum Gasteiger partial charge on any atom is 0.118 e. The second-order valence-corrected chi connectivity index (χ2v) is 4.35. The molecular weight excluding hydrogens is 234 g/mol. The molecule has 0 heterocycles. The lowest BCUT2D eigenvalue weighted by Gasteiger charge is -2.15. The summed E-state index contributed by atoms with van der Waals surface area (Å²) in [6, 6.07) is 18.6. The van der Waals surface area contributed by atoms with Gasteiger partial charge in [-0.25, -0.2) is 0 Å². The van der Waals surface area contributed by atoms with Gasteiger partial charge in [0.05, 0.1) is 13.2 Å². The van der Waals surface area contributed by atoms with Crippen LogP contribution in [0.15, 0.2) is 67.3 Å². The highest BCUT2D eigenvalue weighted by Gasteiger charge is 2.05. The molecule has 1 N–H and O–H groups in total. The van der Waals surface area contributed by atoms with Crippen LogP contribution < -0.4 is 10.1 Å². The maximum absolute atomic E-state index is 5.15. The number of hydrogen-bond acceptors (Lipinski definition) is 2. The largest absolute Gasteiger partial charge is 0.497 e. The fourth-order valence-electron chi connectivity index (χ4n) is 1.97. The molecule has 0 aliphatic carbocycles. The van der Waals surface area contributed by atoms with Crippen molar-refractivity contribution in [2.45, 2.75) is 12.6 Å². The first-order chi connectivity index (χ1) is 9.33. The van der Waals surface area contributed by atoms with E-state index < -0.39 is 0 Å². The molecule has 0 saturated heterocycles. The molecule has 98 valence electrons. The Morgan fingerprint density at radius 1 is 1.11 bits per heavy atom. The molecule has 0 unspecified atom stereocenters. The quantitative estimate of drug-likeness (QED) is 0.792. The standard InChI is InChI=1S/C17H19NO/c1-3-17(15-7-5-4-6-8-15)18-13-14-9-11-16(19-2)12-10-14/h3-12,17-18H,1,13H2,2H3/t17-/m0/s1. The molecule has 2 aromatic rings. The molecule has 2 heteroatoms. The second kappa shape index (κ2) is 6.76. The number of methoxy groups -OCH3 is 1. The summed E-state index contributed by atoms with van der Waals surface area (Å²) in [6.45, 7) is 4.70. The molecule has 2 aromatic carbocycles. The van der Waals surface area contributed by atoms with Crippen molar-refractivity contribution in [2.75, 3.05) is 7.11 Å². The molecule has 2 rings (SSSR count). The second-order valence-electron chi connectivity index (χ2n) is 4.35. The van der Waals surface area contributed by atoms with Crippen molar-refractivity contribution in [3.8, 4) is 5.75 Å². The normalized spacial score (nSPS) is 11.8. The van der Waals surface area contributed by atoms with Crippen molar-refractivity contribution >= 4 is 0 Å². The average Bonchev–Trinajstić information content (AvgIpc) is 2.49. The summed E-state index contributed by atoms with van der Waals surface area (Å²) in [5.41, 5.74) is 2.45. The van der Waals surface area contributed by atoms with E-state index in [0.29, 0.717) is 0 Å². The Morgan fingerprint density at radius 2 is 1.79 bits per heavy atom. The van der Waals surface area contributed by atoms with Crippen LogP contribution in [-0.2, 0) is 6.54 Å². The lowest BCUT2D eigenvalue weighted by molar-refractivity contribution is 0.414. The predicted molar refractivity (Wildman–Crippen MR) is 79.2 cm³/mol. The van der Waals surface area contributed by atoms with Crippen molar-refractivity contribution in [3.63, 3.8) is 0 Å². The Morgan fingerprint density at radius 3 is 2.37 bits per heavy atom. The molecule has 19 heavy (non-hydrogen) atoms. The lowest BCUT2D eigenvalue weighted by Crippen LogP contribution is -2.18. The predicted octanol–water partition coefficient (Wildman–Crippen LogP) is 3.71. The minimum absolute atomic E-state index is 0.170. The van der Waals surface area contributed by atoms with E-state index in [2.05, 4.69) is 36.2 Å². The van der Waals surface area contributed by atoms with Crippen LogP contribution in [0.3, 0.4) is 0 Å². The zero-order valence-electron chi connectivity index (χ0n) is 11.2. The first kappa shape index (κ1) is 13.4. The molecule has 0 fully saturated rings. The molecule has 0 aliphatic rings. The van der Waals surface area contributed by atoms with Gasteiger partial charge in [0.15, 0.2) is 0 Å². The van der Waals surface area contributed by atoms with Gasteiger partial charge in [0.1, 0.15) is 5.75 Å². The van der Waals surface area contributed by atoms with Crippen molar-refractivity contribution in [1.29, 1.82) is 0 Å². The Balaban J connectivity index is 1.98. The molecule has 0 spiro atoms. The third-order valence-corrected chi connectivity index (χ3v) is 3.08. The first-order valence-corrected chi connectivity index (χ1v) is 6.37. The van der Waals surface area contributed by atoms with Gasteiger partial charge in [0.2, 0.25) is 0 Å². The average molecular weight is 253 g/mol. The lowest BCUT2D eigenvalue weighted by atomic mass is 10.1. The zero-order valence-corrected chi connectivity index (χ0v) is 11.2. The number of hydrogen-bond donors (Lipinski definition) is 1. The molecule has 0 bridgehead atoms. The van der Waals surface area contributed by atoms with E-state index in [1.165, 1.54) is 11.1 Å². The van der Waals surface area contributed by atoms with Gasteiger partial charge in [-0.1, -0.05) is 48.5 Å². The molecule has 0 aromatic heterocycles. The summed E-state index contributed by atoms with van der Waals surface area (Å²) in [5.74, 6) is 0.882. The molecule has 0 saturated carbocycles. The van der Waals surface area contributed by atoms with E-state index in [1.807, 2.05) is 36.4 Å². The summed E-state index contributed by atoms with van der Waals surface area (Å²) in [5, 5.41) is 3.48. The highest BCUT2D eigenvalue weighted by atomic mass is 16.5. The van der Waals surface area contributed by atoms with Gasteiger partial charge in [-0.05, 0) is 23.3 Å². The first-order valence-electron chi connectivity index (χ1n) is 6.37. The molecule has 0 aliphatic heterocycles. The van der Waals surface area contributed by atoms with E-state index in [9.17, 15) is 0 Å². The van der Waals surface area contributed by atoms with Gasteiger partial charge in [-0.2, -0.15) is 0 Å². The van der Waals surface area contributed by atoms with E-state index >= 15 is 0 Å². The number of rotatable bonds is 6. The third kappa shape index (κ3) is 3.70. The van der Waals surface area contributed by atoms with E-state index in [4.69, 9.17) is 4.74 Å². The fraction of sp³-hybridized carbons (Fsp3) is 0.176. The van der Waals surface area contributed by atoms with Gasteiger partial charge in [-0.15, -0.1) is 6.58 Å². The van der Waals surface area contributed by atoms with Crippen LogP contribution >= 0.6 is 0 Å². The topological polar surface area (TPSA) is 21.3 Å². The molecule has 0 amide bonds. The Hall–Kier alpha value is -2.06. The van der Waals surface area contributed by atoms with Crippen molar-refractivity contribution < 1.29 is 4.74 Å². The molecule has 1 atom stereocenters. The number of benzene rings is 2. The van der Waals surface area contributed by atoms with Crippen molar-refractivity contribution in [2.24, 2.45) is 0 Å². The van der Waals surface area contributed by atoms with Crippen molar-refractivity contribution in [3.05, 3.63) is 78.4 Å². The molecular formula is C17H19NO. The minimum Gasteiger partial charge on any atom is -0.497 e. The Kier molecular flexibility index (Phi) is 4.76. The van der Waals surface area contributed by atoms with Gasteiger partial charge in [0, 0.05) is 6.54 Å². The third-order valence-electron chi connectivity index (χ3n) is 3.08. The van der Waals surface area contributed by atoms with E-state index in [-0.39, 0.29) is 6.04 Å². The summed E-state index contributed by atoms with van der Waals surface area (Å²) < 4.78 is 5.15. The number of ether oxygens (including phenoxy) is 1. The van der Waals surface area contributed by atoms with Crippen LogP contribution in [-0.4, -0.2) is 7.11 Å². The number of nitrogens with one attached hydrogen (secondary N) is 1. The SMILES string of the molecule is C=C[C@H](NCc1ccc(OC)cc1)c1ccccc1. The summed E-state index contributed by atoms with van der Waals surface area (Å²) in [7, 11) is 1.68.